The molecule has 109 heavy (non-hydrogen) atoms. The zero-order valence-electron chi connectivity index (χ0n) is 61.9. The van der Waals surface area contributed by atoms with Gasteiger partial charge in [-0.2, -0.15) is 0 Å². The number of nitrogens with zero attached hydrogens (tertiary/aromatic N) is 2. The van der Waals surface area contributed by atoms with Gasteiger partial charge in [0.1, 0.15) is 0 Å². The Bertz CT molecular complexity index is 6540. The number of fused-ring (bicyclic) bond motifs is 29. The molecule has 2 heteroatoms. The van der Waals surface area contributed by atoms with Gasteiger partial charge in [0, 0.05) is 50.4 Å². The van der Waals surface area contributed by atoms with Crippen molar-refractivity contribution in [1.82, 2.24) is 0 Å². The molecule has 0 bridgehead atoms. The van der Waals surface area contributed by atoms with Crippen LogP contribution >= 0.6 is 0 Å². The Balaban J connectivity index is 0.668. The largest absolute Gasteiger partial charge is 0.310 e. The Kier molecular flexibility index (Phi) is 12.7. The molecule has 2 spiro atoms. The van der Waals surface area contributed by atoms with Crippen molar-refractivity contribution in [2.45, 2.75) is 68.6 Å². The lowest BCUT2D eigenvalue weighted by Gasteiger charge is -2.33. The average Bonchev–Trinajstić information content (AvgIpc) is 1.51. The van der Waals surface area contributed by atoms with Crippen LogP contribution in [-0.2, 0) is 27.1 Å². The number of hydrogen-bond donors (Lipinski definition) is 0. The molecule has 23 rings (SSSR count). The van der Waals surface area contributed by atoms with E-state index in [4.69, 9.17) is 0 Å². The highest BCUT2D eigenvalue weighted by Gasteiger charge is 2.54. The summed E-state index contributed by atoms with van der Waals surface area (Å²) in [6.45, 7) is 14.4. The van der Waals surface area contributed by atoms with Gasteiger partial charge in [0.25, 0.3) is 0 Å². The topological polar surface area (TPSA) is 6.48 Å². The molecular formula is C107H76N2. The van der Waals surface area contributed by atoms with Crippen LogP contribution in [0, 0.1) is 0 Å². The fourth-order valence-electron chi connectivity index (χ4n) is 21.7. The summed E-state index contributed by atoms with van der Waals surface area (Å²) >= 11 is 0. The average molecular weight is 1390 g/mol. The molecule has 0 N–H and O–H groups in total. The summed E-state index contributed by atoms with van der Waals surface area (Å²) in [6.07, 6.45) is 0. The van der Waals surface area contributed by atoms with Crippen LogP contribution in [0.5, 0.6) is 0 Å². The van der Waals surface area contributed by atoms with Crippen LogP contribution in [0.3, 0.4) is 0 Å². The van der Waals surface area contributed by atoms with Gasteiger partial charge in [-0.05, 0) is 263 Å². The maximum atomic E-state index is 2.57. The van der Waals surface area contributed by atoms with Gasteiger partial charge in [0.2, 0.25) is 0 Å². The van der Waals surface area contributed by atoms with E-state index in [1.807, 2.05) is 0 Å². The SMILES string of the molecule is CC1(C)c2ccccc2-c2cc(N(c3ccc4c(c3)C(C)(C)c3ccccc3-4)c3ccc4c(c3)C3(c5ccccc5-c5ccccc53)c3cc(-c5ccc6c(c5)C(C)(C)c5ccc(N(c7ccc(-c8ccccc8)cc7)c7ccc8c(c7)C7(c9ccccc9-c9ccccc97)c7ccccc7-8)cc5-6)ccc3-4)ccc21. The Labute approximate surface area is 638 Å². The third kappa shape index (κ3) is 8.20. The van der Waals surface area contributed by atoms with Gasteiger partial charge in [-0.25, -0.2) is 0 Å². The first kappa shape index (κ1) is 62.3. The first-order valence-corrected chi connectivity index (χ1v) is 38.8. The quantitative estimate of drug-likeness (QED) is 0.150. The van der Waals surface area contributed by atoms with Crippen LogP contribution in [0.15, 0.2) is 352 Å². The molecule has 0 heterocycles. The Morgan fingerprint density at radius 3 is 0.807 bits per heavy atom. The monoisotopic (exact) mass is 1390 g/mol. The molecule has 7 aliphatic carbocycles. The number of hydrogen-bond acceptors (Lipinski definition) is 2. The summed E-state index contributed by atoms with van der Waals surface area (Å²) in [5.74, 6) is 0. The molecule has 0 aliphatic heterocycles. The minimum absolute atomic E-state index is 0.125. The second-order valence-electron chi connectivity index (χ2n) is 32.9. The molecule has 2 nitrogen and oxygen atoms in total. The van der Waals surface area contributed by atoms with Crippen molar-refractivity contribution in [3.8, 4) is 100 Å². The molecule has 0 amide bonds. The second kappa shape index (κ2) is 22.1. The molecule has 0 radical (unpaired) electrons. The highest BCUT2D eigenvalue weighted by atomic mass is 15.1. The third-order valence-electron chi connectivity index (χ3n) is 26.7. The second-order valence-corrected chi connectivity index (χ2v) is 32.9. The number of rotatable bonds is 8. The van der Waals surface area contributed by atoms with Crippen molar-refractivity contribution in [2.24, 2.45) is 0 Å². The maximum Gasteiger partial charge on any atom is 0.0726 e. The van der Waals surface area contributed by atoms with Crippen molar-refractivity contribution in [3.05, 3.63) is 430 Å². The molecule has 0 saturated carbocycles. The van der Waals surface area contributed by atoms with E-state index in [-0.39, 0.29) is 16.2 Å². The van der Waals surface area contributed by atoms with Crippen LogP contribution in [0.4, 0.5) is 34.1 Å². The molecule has 0 unspecified atom stereocenters. The van der Waals surface area contributed by atoms with E-state index >= 15 is 0 Å². The Morgan fingerprint density at radius 1 is 0.147 bits per heavy atom. The molecule has 0 aromatic heterocycles. The Morgan fingerprint density at radius 2 is 0.376 bits per heavy atom. The summed E-state index contributed by atoms with van der Waals surface area (Å²) < 4.78 is 0. The third-order valence-corrected chi connectivity index (χ3v) is 26.7. The molecule has 0 saturated heterocycles. The molecule has 0 atom stereocenters. The number of anilines is 6. The van der Waals surface area contributed by atoms with Crippen molar-refractivity contribution in [2.75, 3.05) is 9.80 Å². The standard InChI is InChI=1S/C107H76N2/c1-103(2)90-34-18-11-32-81(90)87-61-71(50-56-91(87)103)109(72-46-53-82-75-26-10-17-33-89(75)104(3,4)99(82)62-72)74-48-55-85-83-51-42-68(59-100(83)107(102(85)64-74)96-38-22-14-29-78(96)79-30-15-23-39-97(79)107)67-43-52-86-88-60-70(49-57-92(88)105(5,6)98(86)58-67)108(69-44-40-66(41-45-69)65-24-8-7-9-25-65)73-47-54-84-80-31-16-21-37-95(80)106(101(84)63-73)93-35-19-12-27-76(93)77-28-13-20-36-94(77)106/h7-64H,1-6H3. The van der Waals surface area contributed by atoms with Crippen molar-refractivity contribution < 1.29 is 0 Å². The van der Waals surface area contributed by atoms with Gasteiger partial charge < -0.3 is 9.80 Å². The van der Waals surface area contributed by atoms with Gasteiger partial charge in [-0.1, -0.05) is 308 Å². The van der Waals surface area contributed by atoms with Crippen LogP contribution in [0.2, 0.25) is 0 Å². The van der Waals surface area contributed by atoms with Gasteiger partial charge in [-0.15, -0.1) is 0 Å². The van der Waals surface area contributed by atoms with E-state index in [2.05, 4.69) is 403 Å². The lowest BCUT2D eigenvalue weighted by molar-refractivity contribution is 0.660. The molecule has 514 valence electrons. The van der Waals surface area contributed by atoms with Crippen molar-refractivity contribution in [1.29, 1.82) is 0 Å². The van der Waals surface area contributed by atoms with Gasteiger partial charge >= 0.3 is 0 Å². The van der Waals surface area contributed by atoms with E-state index in [0.29, 0.717) is 0 Å². The fourth-order valence-corrected chi connectivity index (χ4v) is 21.7. The normalized spacial score (nSPS) is 15.4. The highest BCUT2D eigenvalue weighted by Crippen LogP contribution is 2.67. The molecule has 16 aromatic rings. The van der Waals surface area contributed by atoms with Crippen LogP contribution in [0.25, 0.3) is 100 Å². The van der Waals surface area contributed by atoms with Gasteiger partial charge in [0.15, 0.2) is 0 Å². The molecule has 0 fully saturated rings. The highest BCUT2D eigenvalue weighted by molar-refractivity contribution is 6.01. The van der Waals surface area contributed by atoms with Crippen LogP contribution in [0.1, 0.15) is 119 Å². The maximum absolute atomic E-state index is 2.57. The lowest BCUT2D eigenvalue weighted by Crippen LogP contribution is -2.26. The minimum atomic E-state index is -0.621. The first-order valence-electron chi connectivity index (χ1n) is 38.8. The van der Waals surface area contributed by atoms with Gasteiger partial charge in [-0.3, -0.25) is 0 Å². The van der Waals surface area contributed by atoms with Gasteiger partial charge in [0.05, 0.1) is 10.8 Å². The van der Waals surface area contributed by atoms with Crippen molar-refractivity contribution in [3.63, 3.8) is 0 Å². The first-order chi connectivity index (χ1) is 53.3. The summed E-state index contributed by atoms with van der Waals surface area (Å²) in [4.78, 5) is 5.07. The minimum Gasteiger partial charge on any atom is -0.310 e. The predicted molar refractivity (Wildman–Crippen MR) is 452 cm³/mol. The van der Waals surface area contributed by atoms with Crippen LogP contribution in [-0.4, -0.2) is 0 Å². The molecular weight excluding hydrogens is 1310 g/mol. The van der Waals surface area contributed by atoms with E-state index in [1.165, 1.54) is 178 Å². The summed E-state index contributed by atoms with van der Waals surface area (Å²) in [7, 11) is 0. The molecule has 7 aliphatic rings. The summed E-state index contributed by atoms with van der Waals surface area (Å²) in [5.41, 5.74) is 46.8. The summed E-state index contributed by atoms with van der Waals surface area (Å²) in [6, 6.07) is 135. The zero-order chi connectivity index (χ0) is 72.6. The fraction of sp³-hybridized carbons (Fsp3) is 0.103. The van der Waals surface area contributed by atoms with Crippen LogP contribution < -0.4 is 9.80 Å². The summed E-state index contributed by atoms with van der Waals surface area (Å²) in [5, 5.41) is 0. The molecule has 16 aromatic carbocycles. The number of benzene rings is 16. The zero-order valence-corrected chi connectivity index (χ0v) is 61.9. The van der Waals surface area contributed by atoms with Crippen molar-refractivity contribution >= 4 is 34.1 Å². The lowest BCUT2D eigenvalue weighted by atomic mass is 9.70. The van der Waals surface area contributed by atoms with E-state index in [1.54, 1.807) is 0 Å². The Hall–Kier alpha value is -12.9. The van der Waals surface area contributed by atoms with E-state index in [9.17, 15) is 0 Å². The van der Waals surface area contributed by atoms with E-state index in [0.717, 1.165) is 34.1 Å². The predicted octanol–water partition coefficient (Wildman–Crippen LogP) is 27.6. The smallest absolute Gasteiger partial charge is 0.0726 e. The van der Waals surface area contributed by atoms with E-state index < -0.39 is 10.8 Å².